The van der Waals surface area contributed by atoms with Gasteiger partial charge in [-0.05, 0) is 92.1 Å². The summed E-state index contributed by atoms with van der Waals surface area (Å²) in [5.74, 6) is 2.49. The Kier molecular flexibility index (Phi) is 6.98. The molecule has 4 fully saturated rings. The van der Waals surface area contributed by atoms with Crippen LogP contribution >= 0.6 is 0 Å². The Morgan fingerprint density at radius 3 is 2.43 bits per heavy atom. The van der Waals surface area contributed by atoms with Crippen LogP contribution in [-0.4, -0.2) is 79.5 Å². The van der Waals surface area contributed by atoms with E-state index in [0.29, 0.717) is 66.0 Å². The number of piperidine rings is 1. The Morgan fingerprint density at radius 1 is 0.939 bits per heavy atom. The van der Waals surface area contributed by atoms with Crippen molar-refractivity contribution < 1.29 is 14.3 Å². The van der Waals surface area contributed by atoms with Crippen molar-refractivity contribution in [3.8, 4) is 23.3 Å². The highest BCUT2D eigenvalue weighted by atomic mass is 16.5. The molecular weight excluding hydrogens is 616 g/mol. The first kappa shape index (κ1) is 29.9. The molecule has 2 amide bonds. The molecule has 2 bridgehead atoms. The van der Waals surface area contributed by atoms with E-state index in [1.807, 2.05) is 34.2 Å². The second-order valence-corrected chi connectivity index (χ2v) is 14.3. The third kappa shape index (κ3) is 4.96. The zero-order valence-electron chi connectivity index (χ0n) is 27.5. The number of methoxy groups -OCH3 is 1. The molecule has 49 heavy (non-hydrogen) atoms. The molecule has 5 heterocycles. The lowest BCUT2D eigenvalue weighted by Crippen LogP contribution is -2.51. The van der Waals surface area contributed by atoms with E-state index in [1.165, 1.54) is 12.8 Å². The number of amides is 2. The van der Waals surface area contributed by atoms with E-state index < -0.39 is 0 Å². The van der Waals surface area contributed by atoms with E-state index in [-0.39, 0.29) is 29.8 Å². The summed E-state index contributed by atoms with van der Waals surface area (Å²) in [6.07, 6.45) is 6.27. The maximum absolute atomic E-state index is 14.0. The molecule has 0 spiro atoms. The molecule has 2 saturated heterocycles. The second-order valence-electron chi connectivity index (χ2n) is 14.3. The molecule has 9 rings (SSSR count). The molecule has 2 N–H and O–H groups in total. The molecule has 3 aromatic heterocycles. The van der Waals surface area contributed by atoms with Gasteiger partial charge in [0.25, 0.3) is 11.8 Å². The number of carbonyl (C=O) groups is 2. The van der Waals surface area contributed by atoms with Crippen molar-refractivity contribution in [1.29, 1.82) is 5.26 Å². The maximum Gasteiger partial charge on any atom is 0.254 e. The molecule has 248 valence electrons. The predicted molar refractivity (Wildman–Crippen MR) is 184 cm³/mol. The largest absolute Gasteiger partial charge is 0.494 e. The van der Waals surface area contributed by atoms with Crippen molar-refractivity contribution in [3.05, 3.63) is 77.5 Å². The normalized spacial score (nSPS) is 21.8. The number of hydrogen-bond donors (Lipinski definition) is 1. The van der Waals surface area contributed by atoms with E-state index >= 15 is 0 Å². The zero-order chi connectivity index (χ0) is 33.4. The van der Waals surface area contributed by atoms with Gasteiger partial charge in [-0.3, -0.25) is 9.59 Å². The van der Waals surface area contributed by atoms with Gasteiger partial charge in [-0.15, -0.1) is 0 Å². The van der Waals surface area contributed by atoms with Gasteiger partial charge < -0.3 is 29.4 Å². The minimum atomic E-state index is -0.0387. The number of nitrogens with zero attached hydrogens (tertiary/aromatic N) is 7. The van der Waals surface area contributed by atoms with Crippen molar-refractivity contribution in [2.24, 2.45) is 23.5 Å². The van der Waals surface area contributed by atoms with Crippen LogP contribution in [-0.2, 0) is 13.1 Å². The summed E-state index contributed by atoms with van der Waals surface area (Å²) in [6.45, 7) is 3.38. The number of imidazole rings is 1. The summed E-state index contributed by atoms with van der Waals surface area (Å²) in [4.78, 5) is 41.0. The molecule has 4 aliphatic rings. The van der Waals surface area contributed by atoms with Crippen LogP contribution in [0.5, 0.6) is 5.75 Å². The molecule has 2 aromatic carbocycles. The summed E-state index contributed by atoms with van der Waals surface area (Å²) in [6, 6.07) is 19.0. The molecule has 3 atom stereocenters. The first-order valence-corrected chi connectivity index (χ1v) is 17.3. The van der Waals surface area contributed by atoms with Crippen molar-refractivity contribution >= 4 is 33.9 Å². The summed E-state index contributed by atoms with van der Waals surface area (Å²) in [5, 5.41) is 10.2. The summed E-state index contributed by atoms with van der Waals surface area (Å²) in [7, 11) is 1.64. The highest BCUT2D eigenvalue weighted by molar-refractivity contribution is 6.00. The Balaban J connectivity index is 1.10. The Hall–Kier alpha value is -5.21. The van der Waals surface area contributed by atoms with Crippen LogP contribution in [0.4, 0.5) is 0 Å². The summed E-state index contributed by atoms with van der Waals surface area (Å²) >= 11 is 0. The van der Waals surface area contributed by atoms with Gasteiger partial charge >= 0.3 is 0 Å². The van der Waals surface area contributed by atoms with Crippen molar-refractivity contribution in [2.45, 2.75) is 50.9 Å². The standard InChI is InChI=1S/C38H38N8O3/c1-49-32-15-28(38(48)45-21-27-10-11-30(45)33(27)40)13-29-34(32)46(20-24-17-43(18-24)37(47)25-8-6-22(16-39)7-9-25)36(42-29)31-14-26-3-2-12-41-35(26)44(31)19-23-4-5-23/h2-3,6-9,12-15,23-24,27,30,33H,4-5,10-11,17-21,40H2,1H3/t27-,30-,33-/m1/s1. The van der Waals surface area contributed by atoms with Crippen LogP contribution in [0.2, 0.25) is 0 Å². The number of rotatable bonds is 8. The number of fused-ring (bicyclic) bond motifs is 4. The lowest BCUT2D eigenvalue weighted by atomic mass is 9.98. The zero-order valence-corrected chi connectivity index (χ0v) is 27.5. The van der Waals surface area contributed by atoms with E-state index in [0.717, 1.165) is 47.5 Å². The Labute approximate surface area is 283 Å². The van der Waals surface area contributed by atoms with Gasteiger partial charge in [-0.1, -0.05) is 0 Å². The lowest BCUT2D eigenvalue weighted by Gasteiger charge is -2.39. The monoisotopic (exact) mass is 654 g/mol. The van der Waals surface area contributed by atoms with Crippen LogP contribution in [0, 0.1) is 29.1 Å². The molecule has 2 saturated carbocycles. The fourth-order valence-electron chi connectivity index (χ4n) is 8.33. The molecule has 2 aliphatic carbocycles. The quantitative estimate of drug-likeness (QED) is 0.257. The van der Waals surface area contributed by atoms with Gasteiger partial charge in [0, 0.05) is 73.4 Å². The average molecular weight is 655 g/mol. The molecule has 11 heteroatoms. The fraction of sp³-hybridized carbons (Fsp3) is 0.395. The van der Waals surface area contributed by atoms with Crippen molar-refractivity contribution in [1.82, 2.24) is 28.9 Å². The first-order chi connectivity index (χ1) is 23.9. The minimum absolute atomic E-state index is 0.0260. The van der Waals surface area contributed by atoms with Crippen LogP contribution in [0.3, 0.4) is 0 Å². The predicted octanol–water partition coefficient (Wildman–Crippen LogP) is 4.68. The third-order valence-corrected chi connectivity index (χ3v) is 11.2. The first-order valence-electron chi connectivity index (χ1n) is 17.3. The van der Waals surface area contributed by atoms with E-state index in [1.54, 1.807) is 31.4 Å². The van der Waals surface area contributed by atoms with E-state index in [4.69, 9.17) is 25.7 Å². The number of benzene rings is 2. The van der Waals surface area contributed by atoms with Crippen LogP contribution in [0.1, 0.15) is 52.0 Å². The Morgan fingerprint density at radius 2 is 1.73 bits per heavy atom. The van der Waals surface area contributed by atoms with Gasteiger partial charge in [0.15, 0.2) is 5.82 Å². The molecular formula is C38H38N8O3. The number of hydrogen-bond acceptors (Lipinski definition) is 7. The number of nitriles is 1. The smallest absolute Gasteiger partial charge is 0.254 e. The van der Waals surface area contributed by atoms with Crippen LogP contribution in [0.25, 0.3) is 33.6 Å². The van der Waals surface area contributed by atoms with Gasteiger partial charge in [0.1, 0.15) is 16.9 Å². The van der Waals surface area contributed by atoms with E-state index in [9.17, 15) is 9.59 Å². The topological polar surface area (TPSA) is 135 Å². The molecule has 11 nitrogen and oxygen atoms in total. The molecule has 5 aromatic rings. The van der Waals surface area contributed by atoms with E-state index in [2.05, 4.69) is 27.3 Å². The number of carbonyl (C=O) groups excluding carboxylic acids is 2. The van der Waals surface area contributed by atoms with Gasteiger partial charge in [-0.2, -0.15) is 5.26 Å². The number of pyridine rings is 1. The van der Waals surface area contributed by atoms with Crippen molar-refractivity contribution in [2.75, 3.05) is 26.7 Å². The highest BCUT2D eigenvalue weighted by Gasteiger charge is 2.47. The fourth-order valence-corrected chi connectivity index (χ4v) is 8.33. The molecule has 0 radical (unpaired) electrons. The van der Waals surface area contributed by atoms with Gasteiger partial charge in [0.2, 0.25) is 0 Å². The average Bonchev–Trinajstić information content (AvgIpc) is 3.47. The minimum Gasteiger partial charge on any atom is -0.494 e. The summed E-state index contributed by atoms with van der Waals surface area (Å²) in [5.41, 5.74) is 11.6. The van der Waals surface area contributed by atoms with Crippen LogP contribution in [0.15, 0.2) is 60.8 Å². The lowest BCUT2D eigenvalue weighted by molar-refractivity contribution is 0.0471. The number of likely N-dealkylation sites (tertiary alicyclic amines) is 2. The third-order valence-electron chi connectivity index (χ3n) is 11.2. The van der Waals surface area contributed by atoms with Crippen LogP contribution < -0.4 is 10.5 Å². The SMILES string of the molecule is COc1cc(C(=O)N2C[C@H]3CC[C@@H]2[C@@H]3N)cc2nc(-c3cc4cccnc4n3CC3CC3)n(CC3CN(C(=O)c4ccc(C#N)cc4)C3)c12. The van der Waals surface area contributed by atoms with Gasteiger partial charge in [-0.25, -0.2) is 9.97 Å². The van der Waals surface area contributed by atoms with Gasteiger partial charge in [0.05, 0.1) is 30.0 Å². The number of aromatic nitrogens is 4. The highest BCUT2D eigenvalue weighted by Crippen LogP contribution is 2.41. The maximum atomic E-state index is 14.0. The van der Waals surface area contributed by atoms with Crippen molar-refractivity contribution in [3.63, 3.8) is 0 Å². The molecule has 2 aliphatic heterocycles. The summed E-state index contributed by atoms with van der Waals surface area (Å²) < 4.78 is 10.5. The Bertz CT molecular complexity index is 2170. The number of ether oxygens (including phenoxy) is 1. The number of nitrogens with two attached hydrogens (primary N) is 1. The second kappa shape index (κ2) is 11.4. The molecule has 0 unspecified atom stereocenters.